The molecule has 7 aromatic rings. The molecule has 338 valence electrons. The molecule has 16 heteroatoms. The quantitative estimate of drug-likeness (QED) is 0.0795. The molecule has 0 saturated carbocycles. The van der Waals surface area contributed by atoms with E-state index in [1.165, 1.54) is 47.2 Å². The Labute approximate surface area is 382 Å². The Morgan fingerprint density at radius 2 is 0.925 bits per heavy atom. The molecule has 7 aromatic carbocycles. The molecule has 9 nitrogen and oxygen atoms in total. The van der Waals surface area contributed by atoms with Crippen molar-refractivity contribution in [3.05, 3.63) is 203 Å². The van der Waals surface area contributed by atoms with Gasteiger partial charge in [0.15, 0.2) is 0 Å². The second kappa shape index (κ2) is 17.6. The Morgan fingerprint density at radius 3 is 1.39 bits per heavy atom. The van der Waals surface area contributed by atoms with E-state index in [4.69, 9.17) is 7.60 Å². The second-order valence-electron chi connectivity index (χ2n) is 15.4. The number of anilines is 1. The van der Waals surface area contributed by atoms with Crippen LogP contribution in [0, 0.1) is 6.92 Å². The van der Waals surface area contributed by atoms with Gasteiger partial charge < -0.3 is 15.0 Å². The van der Waals surface area contributed by atoms with E-state index < -0.39 is 71.9 Å². The van der Waals surface area contributed by atoms with Gasteiger partial charge in [0, 0.05) is 7.05 Å². The third-order valence-electron chi connectivity index (χ3n) is 11.3. The van der Waals surface area contributed by atoms with Gasteiger partial charge in [-0.2, -0.15) is 26.3 Å². The van der Waals surface area contributed by atoms with Gasteiger partial charge in [-0.1, -0.05) is 109 Å². The normalized spacial score (nSPS) is 14.0. The molecular formula is C51H35F6N2O7P. The van der Waals surface area contributed by atoms with E-state index in [2.05, 4.69) is 101 Å². The molecule has 2 N–H and O–H groups in total. The largest absolute Gasteiger partial charge is 0.508 e. The summed E-state index contributed by atoms with van der Waals surface area (Å²) in [5.41, 5.74) is -9.01. The average Bonchev–Trinajstić information content (AvgIpc) is 3.70. The number of halogens is 6. The van der Waals surface area contributed by atoms with Gasteiger partial charge in [0.25, 0.3) is 26.5 Å². The number of aromatic hydroxyl groups is 2. The summed E-state index contributed by atoms with van der Waals surface area (Å²) in [7, 11) is 0.853. The molecule has 0 radical (unpaired) electrons. The summed E-state index contributed by atoms with van der Waals surface area (Å²) < 4.78 is 110. The number of rotatable bonds is 10. The fourth-order valence-electron chi connectivity index (χ4n) is 8.01. The van der Waals surface area contributed by atoms with Crippen molar-refractivity contribution < 1.29 is 60.5 Å². The number of amides is 4. The smallest absolute Gasteiger partial charge is 0.411 e. The molecule has 4 amide bonds. The predicted molar refractivity (Wildman–Crippen MR) is 240 cm³/mol. The lowest BCUT2D eigenvalue weighted by molar-refractivity contribution is -0.288. The standard InChI is InChI=1S/C33H20F6N2O7.C18H15P/c1-15-11-16(3-9-25(15)42)31(32(34,35)36,33(37,38)39)17-4-10-26(43)24(12-17)41-29(46)21-8-6-19(14-23(21)30(41)47)48-18-5-7-20-22(13-18)28(45)40(2)27(20)44;1-4-10-16(11-5-1)19(17-12-6-2-7-13-17)18-14-8-3-9-15-18/h3-14,42-43H,1-2H3;1-15H/i/hD2. The van der Waals surface area contributed by atoms with E-state index in [0.29, 0.717) is 30.3 Å². The number of fused-ring (bicyclic) bond motifs is 2. The van der Waals surface area contributed by atoms with E-state index in [9.17, 15) is 45.5 Å². The Morgan fingerprint density at radius 1 is 0.507 bits per heavy atom. The van der Waals surface area contributed by atoms with Crippen LogP contribution in [0.15, 0.2) is 164 Å². The van der Waals surface area contributed by atoms with E-state index in [1.807, 2.05) is 0 Å². The van der Waals surface area contributed by atoms with Gasteiger partial charge >= 0.3 is 12.4 Å². The highest BCUT2D eigenvalue weighted by atomic mass is 31.1. The SMILES string of the molecule is [2H]Oc1ccc(C(c2ccc(O[2H])c(N3C(=O)c4ccc(Oc5ccc6c(c5)C(=O)N(C)C6=O)cc4C3=O)c2)(C(F)(F)F)C(F)(F)F)cc1C.c1ccc(P(c2ccccc2)c2ccccc2)cc1. The Hall–Kier alpha value is -7.77. The first-order valence-corrected chi connectivity index (χ1v) is 21.5. The average molecular weight is 935 g/mol. The minimum atomic E-state index is -6.05. The van der Waals surface area contributed by atoms with Crippen molar-refractivity contribution in [2.45, 2.75) is 24.7 Å². The number of imide groups is 2. The van der Waals surface area contributed by atoms with Crippen molar-refractivity contribution in [2.75, 3.05) is 11.9 Å². The summed E-state index contributed by atoms with van der Waals surface area (Å²) in [6, 6.07) is 43.0. The van der Waals surface area contributed by atoms with Crippen LogP contribution in [-0.4, -0.2) is 61.0 Å². The van der Waals surface area contributed by atoms with Gasteiger partial charge in [-0.05, 0) is 102 Å². The molecule has 0 saturated heterocycles. The van der Waals surface area contributed by atoms with Crippen LogP contribution in [0.4, 0.5) is 32.0 Å². The van der Waals surface area contributed by atoms with Crippen LogP contribution in [0.3, 0.4) is 0 Å². The van der Waals surface area contributed by atoms with E-state index >= 15 is 0 Å². The molecule has 0 aliphatic carbocycles. The maximum absolute atomic E-state index is 14.9. The van der Waals surface area contributed by atoms with Crippen LogP contribution >= 0.6 is 7.92 Å². The van der Waals surface area contributed by atoms with Crippen molar-refractivity contribution in [2.24, 2.45) is 0 Å². The maximum Gasteiger partial charge on any atom is 0.411 e. The monoisotopic (exact) mass is 934 g/mol. The zero-order valence-electron chi connectivity index (χ0n) is 37.1. The van der Waals surface area contributed by atoms with Gasteiger partial charge in [-0.15, -0.1) is 0 Å². The first-order chi connectivity index (χ1) is 32.9. The number of phenols is 2. The fourth-order valence-corrected chi connectivity index (χ4v) is 10.3. The summed E-state index contributed by atoms with van der Waals surface area (Å²) >= 11 is 0. The van der Waals surface area contributed by atoms with E-state index in [0.717, 1.165) is 30.0 Å². The number of benzene rings is 7. The van der Waals surface area contributed by atoms with Crippen LogP contribution in [0.1, 0.15) is 58.1 Å². The van der Waals surface area contributed by atoms with Crippen LogP contribution in [0.2, 0.25) is 0 Å². The lowest BCUT2D eigenvalue weighted by Crippen LogP contribution is -2.54. The highest BCUT2D eigenvalue weighted by Crippen LogP contribution is 2.57. The molecule has 0 fully saturated rings. The van der Waals surface area contributed by atoms with Crippen LogP contribution in [0.5, 0.6) is 23.0 Å². The molecular weight excluding hydrogens is 898 g/mol. The first-order valence-electron chi connectivity index (χ1n) is 21.0. The number of hydrogen-bond acceptors (Lipinski definition) is 7. The maximum atomic E-state index is 14.9. The number of aryl methyl sites for hydroxylation is 1. The topological polar surface area (TPSA) is 124 Å². The zero-order valence-corrected chi connectivity index (χ0v) is 36.0. The lowest BCUT2D eigenvalue weighted by atomic mass is 9.72. The Balaban J connectivity index is 0.000000280. The van der Waals surface area contributed by atoms with Gasteiger partial charge in [-0.3, -0.25) is 24.1 Å². The van der Waals surface area contributed by atoms with Crippen molar-refractivity contribution in [1.82, 2.24) is 4.90 Å². The van der Waals surface area contributed by atoms with E-state index in [1.54, 1.807) is 0 Å². The molecule has 0 bridgehead atoms. The number of alkyl halides is 6. The third kappa shape index (κ3) is 8.16. The minimum absolute atomic E-state index is 0.0498. The number of hydrogen-bond donors (Lipinski definition) is 2. The molecule has 2 aliphatic rings. The Bertz CT molecular complexity index is 3020. The third-order valence-corrected chi connectivity index (χ3v) is 13.7. The fraction of sp³-hybridized carbons (Fsp3) is 0.0980. The number of ether oxygens (including phenoxy) is 1. The van der Waals surface area contributed by atoms with Crippen LogP contribution in [-0.2, 0) is 5.41 Å². The van der Waals surface area contributed by atoms with Crippen LogP contribution < -0.4 is 25.6 Å². The molecule has 2 heterocycles. The van der Waals surface area contributed by atoms with Crippen LogP contribution in [0.25, 0.3) is 0 Å². The van der Waals surface area contributed by atoms with Gasteiger partial charge in [0.2, 0.25) is 5.41 Å². The van der Waals surface area contributed by atoms with Gasteiger partial charge in [0.05, 0.1) is 27.9 Å². The lowest BCUT2D eigenvalue weighted by Gasteiger charge is -2.39. The Kier molecular flexibility index (Phi) is 11.3. The number of carbonyl (C=O) groups excluding carboxylic acids is 4. The number of carbonyl (C=O) groups is 4. The summed E-state index contributed by atoms with van der Waals surface area (Å²) in [6.45, 7) is 1.15. The molecule has 0 atom stereocenters. The summed E-state index contributed by atoms with van der Waals surface area (Å²) in [4.78, 5) is 52.9. The molecule has 67 heavy (non-hydrogen) atoms. The zero-order chi connectivity index (χ0) is 49.4. The highest BCUT2D eigenvalue weighted by Gasteiger charge is 2.72. The summed E-state index contributed by atoms with van der Waals surface area (Å²) in [6.07, 6.45) is -12.1. The number of phenolic OH excluding ortho intramolecular Hbond substituents is 2. The molecule has 0 spiro atoms. The van der Waals surface area contributed by atoms with Gasteiger partial charge in [-0.25, -0.2) is 4.90 Å². The number of nitrogens with zero attached hydrogens (tertiary/aromatic N) is 2. The summed E-state index contributed by atoms with van der Waals surface area (Å²) in [5.74, 6) is -4.42. The highest BCUT2D eigenvalue weighted by molar-refractivity contribution is 7.79. The van der Waals surface area contributed by atoms with Gasteiger partial charge in [0.1, 0.15) is 23.0 Å². The van der Waals surface area contributed by atoms with Crippen molar-refractivity contribution >= 4 is 53.2 Å². The minimum Gasteiger partial charge on any atom is -0.508 e. The molecule has 0 unspecified atom stereocenters. The molecule has 0 aromatic heterocycles. The van der Waals surface area contributed by atoms with E-state index in [-0.39, 0.29) is 50.0 Å². The molecule has 9 rings (SSSR count). The molecule has 2 aliphatic heterocycles. The summed E-state index contributed by atoms with van der Waals surface area (Å²) in [5, 5.41) is 12.9. The second-order valence-corrected chi connectivity index (χ2v) is 17.6. The predicted octanol–water partition coefficient (Wildman–Crippen LogP) is 10.1. The first kappa shape index (κ1) is 43.1. The van der Waals surface area contributed by atoms with Crippen molar-refractivity contribution in [1.29, 1.82) is 2.86 Å². The van der Waals surface area contributed by atoms with Crippen molar-refractivity contribution in [3.8, 4) is 23.0 Å². The van der Waals surface area contributed by atoms with Crippen molar-refractivity contribution in [3.63, 3.8) is 0 Å².